The number of guanidine groups is 1. The fourth-order valence-electron chi connectivity index (χ4n) is 2.72. The summed E-state index contributed by atoms with van der Waals surface area (Å²) in [4.78, 5) is 34.9. The van der Waals surface area contributed by atoms with Crippen molar-refractivity contribution in [2.75, 3.05) is 65.7 Å². The van der Waals surface area contributed by atoms with Crippen molar-refractivity contribution in [1.29, 1.82) is 0 Å². The highest BCUT2D eigenvalue weighted by Gasteiger charge is 2.24. The lowest BCUT2D eigenvalue weighted by Crippen LogP contribution is -2.54. The third-order valence-corrected chi connectivity index (χ3v) is 5.38. The zero-order valence-electron chi connectivity index (χ0n) is 17.5. The molecule has 0 spiro atoms. The van der Waals surface area contributed by atoms with Crippen LogP contribution in [0.4, 0.5) is 4.79 Å². The summed E-state index contributed by atoms with van der Waals surface area (Å²) in [6.07, 6.45) is -0.277. The van der Waals surface area contributed by atoms with Gasteiger partial charge in [0.05, 0.1) is 6.61 Å². The lowest BCUT2D eigenvalue weighted by atomic mass is 10.3. The molecule has 2 amide bonds. The van der Waals surface area contributed by atoms with E-state index in [0.29, 0.717) is 38.7 Å². The van der Waals surface area contributed by atoms with Crippen molar-refractivity contribution in [2.45, 2.75) is 11.8 Å². The van der Waals surface area contributed by atoms with Crippen LogP contribution in [-0.4, -0.2) is 98.4 Å². The first kappa shape index (κ1) is 22.9. The van der Waals surface area contributed by atoms with Gasteiger partial charge in [0.15, 0.2) is 5.96 Å². The molecule has 1 aliphatic rings. The number of hydrogen-bond acceptors (Lipinski definition) is 5. The van der Waals surface area contributed by atoms with Gasteiger partial charge in [-0.2, -0.15) is 0 Å². The number of nitrogens with zero attached hydrogens (tertiary/aromatic N) is 4. The molecule has 0 aliphatic carbocycles. The molecule has 0 saturated carbocycles. The number of benzene rings is 1. The van der Waals surface area contributed by atoms with Crippen LogP contribution in [0, 0.1) is 0 Å². The number of piperazine rings is 1. The predicted molar refractivity (Wildman–Crippen MR) is 116 cm³/mol. The normalized spacial score (nSPS) is 14.5. The Balaban J connectivity index is 1.90. The van der Waals surface area contributed by atoms with E-state index >= 15 is 0 Å². The highest BCUT2D eigenvalue weighted by Crippen LogP contribution is 2.15. The minimum Gasteiger partial charge on any atom is -0.450 e. The Hall–Kier alpha value is -2.42. The van der Waals surface area contributed by atoms with E-state index in [4.69, 9.17) is 4.74 Å². The molecule has 0 unspecified atom stereocenters. The van der Waals surface area contributed by atoms with E-state index in [1.807, 2.05) is 18.2 Å². The first-order valence-corrected chi connectivity index (χ1v) is 10.8. The third-order valence-electron chi connectivity index (χ3n) is 4.37. The van der Waals surface area contributed by atoms with Gasteiger partial charge in [0.1, 0.15) is 6.54 Å². The number of thioether (sulfide) groups is 1. The highest BCUT2D eigenvalue weighted by molar-refractivity contribution is 7.99. The largest absolute Gasteiger partial charge is 0.450 e. The summed E-state index contributed by atoms with van der Waals surface area (Å²) in [5.41, 5.74) is 0. The van der Waals surface area contributed by atoms with E-state index in [1.54, 1.807) is 37.7 Å². The lowest BCUT2D eigenvalue weighted by molar-refractivity contribution is -0.127. The standard InChI is InChI=1S/C20H31N5O3S/c1-4-28-20(27)25-13-11-24(12-14-25)19(22-16-18(26)23(2)3)21-10-15-29-17-8-6-5-7-9-17/h5-9H,4,10-16H2,1-3H3,(H,21,22). The van der Waals surface area contributed by atoms with E-state index in [-0.39, 0.29) is 18.5 Å². The van der Waals surface area contributed by atoms with Crippen LogP contribution in [0.2, 0.25) is 0 Å². The summed E-state index contributed by atoms with van der Waals surface area (Å²) in [7, 11) is 3.44. The molecule has 2 rings (SSSR count). The summed E-state index contributed by atoms with van der Waals surface area (Å²) in [5, 5.41) is 3.37. The predicted octanol–water partition coefficient (Wildman–Crippen LogP) is 1.59. The van der Waals surface area contributed by atoms with Crippen molar-refractivity contribution < 1.29 is 14.3 Å². The Bertz CT molecular complexity index is 676. The van der Waals surface area contributed by atoms with E-state index in [9.17, 15) is 9.59 Å². The smallest absolute Gasteiger partial charge is 0.409 e. The van der Waals surface area contributed by atoms with Gasteiger partial charge in [0.2, 0.25) is 5.91 Å². The monoisotopic (exact) mass is 421 g/mol. The molecule has 0 atom stereocenters. The van der Waals surface area contributed by atoms with Gasteiger partial charge in [0.25, 0.3) is 0 Å². The second-order valence-corrected chi connectivity index (χ2v) is 7.86. The summed E-state index contributed by atoms with van der Waals surface area (Å²) in [6, 6.07) is 10.2. The molecule has 9 heteroatoms. The maximum absolute atomic E-state index is 12.0. The molecule has 1 fully saturated rings. The van der Waals surface area contributed by atoms with E-state index in [0.717, 1.165) is 12.3 Å². The minimum absolute atomic E-state index is 0.0480. The van der Waals surface area contributed by atoms with Crippen molar-refractivity contribution in [1.82, 2.24) is 20.0 Å². The molecule has 1 N–H and O–H groups in total. The molecule has 160 valence electrons. The van der Waals surface area contributed by atoms with Gasteiger partial charge >= 0.3 is 6.09 Å². The minimum atomic E-state index is -0.277. The van der Waals surface area contributed by atoms with Crippen molar-refractivity contribution in [3.8, 4) is 0 Å². The van der Waals surface area contributed by atoms with Gasteiger partial charge in [-0.1, -0.05) is 18.2 Å². The molecular formula is C20H31N5O3S. The SMILES string of the molecule is CCOC(=O)N1CCN(C(=NCC(=O)N(C)C)NCCSc2ccccc2)CC1. The number of carbonyl (C=O) groups is 2. The van der Waals surface area contributed by atoms with Crippen molar-refractivity contribution in [3.05, 3.63) is 30.3 Å². The molecule has 0 aromatic heterocycles. The fraction of sp³-hybridized carbons (Fsp3) is 0.550. The molecule has 1 aromatic rings. The molecule has 29 heavy (non-hydrogen) atoms. The first-order chi connectivity index (χ1) is 14.0. The Morgan fingerprint density at radius 3 is 2.41 bits per heavy atom. The zero-order chi connectivity index (χ0) is 21.1. The van der Waals surface area contributed by atoms with Crippen LogP contribution >= 0.6 is 11.8 Å². The maximum Gasteiger partial charge on any atom is 0.409 e. The number of carbonyl (C=O) groups excluding carboxylic acids is 2. The summed E-state index contributed by atoms with van der Waals surface area (Å²) in [6.45, 7) is 5.43. The number of likely N-dealkylation sites (N-methyl/N-ethyl adjacent to an activating group) is 1. The molecule has 1 aliphatic heterocycles. The zero-order valence-corrected chi connectivity index (χ0v) is 18.3. The molecule has 1 heterocycles. The number of rotatable bonds is 7. The van der Waals surface area contributed by atoms with Crippen LogP contribution < -0.4 is 5.32 Å². The van der Waals surface area contributed by atoms with Crippen LogP contribution in [0.1, 0.15) is 6.92 Å². The summed E-state index contributed by atoms with van der Waals surface area (Å²) >= 11 is 1.77. The third kappa shape index (κ3) is 7.84. The van der Waals surface area contributed by atoms with Crippen LogP contribution in [0.25, 0.3) is 0 Å². The Labute approximate surface area is 177 Å². The average Bonchev–Trinajstić information content (AvgIpc) is 2.74. The van der Waals surface area contributed by atoms with Gasteiger partial charge in [-0.05, 0) is 19.1 Å². The fourth-order valence-corrected chi connectivity index (χ4v) is 3.51. The van der Waals surface area contributed by atoms with Crippen LogP contribution in [0.3, 0.4) is 0 Å². The van der Waals surface area contributed by atoms with Gasteiger partial charge in [-0.3, -0.25) is 4.79 Å². The Kier molecular flexibility index (Phi) is 9.63. The lowest BCUT2D eigenvalue weighted by Gasteiger charge is -2.36. The van der Waals surface area contributed by atoms with Gasteiger partial charge < -0.3 is 24.8 Å². The second kappa shape index (κ2) is 12.2. The van der Waals surface area contributed by atoms with E-state index in [2.05, 4.69) is 27.3 Å². The molecule has 8 nitrogen and oxygen atoms in total. The van der Waals surface area contributed by atoms with E-state index < -0.39 is 0 Å². The molecule has 1 aromatic carbocycles. The summed E-state index contributed by atoms with van der Waals surface area (Å²) < 4.78 is 5.07. The van der Waals surface area contributed by atoms with Crippen LogP contribution in [0.5, 0.6) is 0 Å². The molecular weight excluding hydrogens is 390 g/mol. The van der Waals surface area contributed by atoms with E-state index in [1.165, 1.54) is 9.80 Å². The first-order valence-electron chi connectivity index (χ1n) is 9.84. The van der Waals surface area contributed by atoms with Crippen LogP contribution in [0.15, 0.2) is 40.2 Å². The number of aliphatic imine (C=N–C) groups is 1. The number of nitrogens with one attached hydrogen (secondary N) is 1. The summed E-state index contributed by atoms with van der Waals surface area (Å²) in [5.74, 6) is 1.54. The average molecular weight is 422 g/mol. The second-order valence-electron chi connectivity index (χ2n) is 6.69. The van der Waals surface area contributed by atoms with Gasteiger partial charge in [0, 0.05) is 57.5 Å². The topological polar surface area (TPSA) is 77.5 Å². The molecule has 0 radical (unpaired) electrons. The Morgan fingerprint density at radius 2 is 1.79 bits per heavy atom. The quantitative estimate of drug-likeness (QED) is 0.312. The highest BCUT2D eigenvalue weighted by atomic mass is 32.2. The molecule has 0 bridgehead atoms. The van der Waals surface area contributed by atoms with Crippen LogP contribution in [-0.2, 0) is 9.53 Å². The van der Waals surface area contributed by atoms with Crippen molar-refractivity contribution in [3.63, 3.8) is 0 Å². The number of hydrogen-bond donors (Lipinski definition) is 1. The molecule has 1 saturated heterocycles. The maximum atomic E-state index is 12.0. The van der Waals surface area contributed by atoms with Gasteiger partial charge in [-0.15, -0.1) is 11.8 Å². The number of ether oxygens (including phenoxy) is 1. The number of amides is 2. The Morgan fingerprint density at radius 1 is 1.14 bits per heavy atom. The van der Waals surface area contributed by atoms with Gasteiger partial charge in [-0.25, -0.2) is 9.79 Å². The van der Waals surface area contributed by atoms with Crippen molar-refractivity contribution in [2.24, 2.45) is 4.99 Å². The van der Waals surface area contributed by atoms with Crippen molar-refractivity contribution >= 4 is 29.7 Å².